The summed E-state index contributed by atoms with van der Waals surface area (Å²) in [4.78, 5) is 14.2. The maximum absolute atomic E-state index is 6.23. The van der Waals surface area contributed by atoms with Crippen molar-refractivity contribution < 1.29 is 0 Å². The molecule has 0 amide bonds. The predicted octanol–water partition coefficient (Wildman–Crippen LogP) is 4.71. The van der Waals surface area contributed by atoms with Crippen LogP contribution in [0.2, 0.25) is 5.28 Å². The number of fused-ring (bicyclic) bond motifs is 3. The predicted molar refractivity (Wildman–Crippen MR) is 94.2 cm³/mol. The molecule has 0 bridgehead atoms. The van der Waals surface area contributed by atoms with Crippen molar-refractivity contribution >= 4 is 39.0 Å². The lowest BCUT2D eigenvalue weighted by Crippen LogP contribution is -2.35. The standard InChI is InChI=1S/C17H22ClN3S/c1-10-5-6-12-13(8-10)22-16-14(12)15(19-17(18)20-16)21-7-3-4-11(2)9-21/h10-11H,3-9H2,1-2H3. The zero-order chi connectivity index (χ0) is 15.3. The number of hydrogen-bond donors (Lipinski definition) is 0. The van der Waals surface area contributed by atoms with Gasteiger partial charge in [-0.05, 0) is 61.1 Å². The number of halogens is 1. The third kappa shape index (κ3) is 2.50. The highest BCUT2D eigenvalue weighted by molar-refractivity contribution is 7.19. The minimum Gasteiger partial charge on any atom is -0.356 e. The Balaban J connectivity index is 1.86. The summed E-state index contributed by atoms with van der Waals surface area (Å²) in [6.45, 7) is 6.85. The molecule has 0 spiro atoms. The molecule has 1 aliphatic heterocycles. The van der Waals surface area contributed by atoms with Crippen LogP contribution in [0.15, 0.2) is 0 Å². The van der Waals surface area contributed by atoms with E-state index in [0.717, 1.165) is 42.0 Å². The molecular weight excluding hydrogens is 314 g/mol. The highest BCUT2D eigenvalue weighted by atomic mass is 35.5. The van der Waals surface area contributed by atoms with Gasteiger partial charge in [-0.15, -0.1) is 11.3 Å². The Hall–Kier alpha value is -0.870. The van der Waals surface area contributed by atoms with E-state index in [4.69, 9.17) is 11.6 Å². The van der Waals surface area contributed by atoms with E-state index in [1.165, 1.54) is 41.5 Å². The van der Waals surface area contributed by atoms with Crippen LogP contribution in [-0.4, -0.2) is 23.1 Å². The van der Waals surface area contributed by atoms with Gasteiger partial charge in [0.25, 0.3) is 0 Å². The van der Waals surface area contributed by atoms with Crippen molar-refractivity contribution in [2.75, 3.05) is 18.0 Å². The van der Waals surface area contributed by atoms with Crippen LogP contribution in [0, 0.1) is 11.8 Å². The second kappa shape index (κ2) is 5.64. The molecule has 118 valence electrons. The molecule has 1 saturated heterocycles. The topological polar surface area (TPSA) is 29.0 Å². The quantitative estimate of drug-likeness (QED) is 0.707. The molecule has 0 aromatic carbocycles. The SMILES string of the molecule is CC1CCc2c(sc3nc(Cl)nc(N4CCCC(C)C4)c23)C1. The largest absolute Gasteiger partial charge is 0.356 e. The zero-order valence-corrected chi connectivity index (χ0v) is 14.8. The van der Waals surface area contributed by atoms with E-state index in [-0.39, 0.29) is 0 Å². The third-order valence-corrected chi connectivity index (χ3v) is 6.38. The Labute approximate surface area is 140 Å². The van der Waals surface area contributed by atoms with E-state index in [0.29, 0.717) is 5.28 Å². The van der Waals surface area contributed by atoms with Gasteiger partial charge >= 0.3 is 0 Å². The number of anilines is 1. The molecule has 2 aromatic heterocycles. The Morgan fingerprint density at radius 1 is 1.18 bits per heavy atom. The number of aryl methyl sites for hydroxylation is 1. The highest BCUT2D eigenvalue weighted by Gasteiger charge is 2.27. The summed E-state index contributed by atoms with van der Waals surface area (Å²) in [6.07, 6.45) is 6.18. The molecule has 0 radical (unpaired) electrons. The van der Waals surface area contributed by atoms with Crippen molar-refractivity contribution in [2.24, 2.45) is 11.8 Å². The van der Waals surface area contributed by atoms with Gasteiger partial charge in [-0.1, -0.05) is 13.8 Å². The fourth-order valence-corrected chi connectivity index (χ4v) is 5.50. The molecule has 0 saturated carbocycles. The summed E-state index contributed by atoms with van der Waals surface area (Å²) in [5.74, 6) is 2.60. The number of nitrogens with zero attached hydrogens (tertiary/aromatic N) is 3. The van der Waals surface area contributed by atoms with Gasteiger partial charge in [0.1, 0.15) is 10.6 Å². The first kappa shape index (κ1) is 14.7. The van der Waals surface area contributed by atoms with Crippen molar-refractivity contribution in [1.29, 1.82) is 0 Å². The van der Waals surface area contributed by atoms with E-state index in [2.05, 4.69) is 28.7 Å². The van der Waals surface area contributed by atoms with Gasteiger partial charge in [0.2, 0.25) is 5.28 Å². The average molecular weight is 336 g/mol. The Kier molecular flexibility index (Phi) is 3.77. The summed E-state index contributed by atoms with van der Waals surface area (Å²) < 4.78 is 0. The molecule has 2 unspecified atom stereocenters. The number of aromatic nitrogens is 2. The molecule has 5 heteroatoms. The number of hydrogen-bond acceptors (Lipinski definition) is 4. The van der Waals surface area contributed by atoms with Crippen molar-refractivity contribution in [3.63, 3.8) is 0 Å². The van der Waals surface area contributed by atoms with Crippen molar-refractivity contribution in [3.8, 4) is 0 Å². The van der Waals surface area contributed by atoms with Crippen LogP contribution in [0.3, 0.4) is 0 Å². The van der Waals surface area contributed by atoms with Crippen LogP contribution in [0.1, 0.15) is 43.6 Å². The Bertz CT molecular complexity index is 711. The second-order valence-electron chi connectivity index (χ2n) is 7.04. The Morgan fingerprint density at radius 3 is 2.86 bits per heavy atom. The molecule has 1 fully saturated rings. The molecule has 2 aromatic rings. The second-order valence-corrected chi connectivity index (χ2v) is 8.46. The lowest BCUT2D eigenvalue weighted by molar-refractivity contribution is 0.445. The average Bonchev–Trinajstić information content (AvgIpc) is 2.83. The summed E-state index contributed by atoms with van der Waals surface area (Å²) in [5, 5.41) is 1.69. The fourth-order valence-electron chi connectivity index (χ4n) is 3.91. The van der Waals surface area contributed by atoms with Gasteiger partial charge in [-0.25, -0.2) is 4.98 Å². The molecule has 1 aliphatic carbocycles. The monoisotopic (exact) mass is 335 g/mol. The molecule has 3 nitrogen and oxygen atoms in total. The van der Waals surface area contributed by atoms with E-state index in [9.17, 15) is 0 Å². The first-order valence-electron chi connectivity index (χ1n) is 8.34. The highest BCUT2D eigenvalue weighted by Crippen LogP contribution is 2.42. The van der Waals surface area contributed by atoms with Gasteiger partial charge < -0.3 is 4.90 Å². The summed E-state index contributed by atoms with van der Waals surface area (Å²) in [7, 11) is 0. The molecule has 3 heterocycles. The number of piperidine rings is 1. The molecule has 2 atom stereocenters. The summed E-state index contributed by atoms with van der Waals surface area (Å²) in [5.41, 5.74) is 1.50. The van der Waals surface area contributed by atoms with Crippen molar-refractivity contribution in [1.82, 2.24) is 9.97 Å². The maximum atomic E-state index is 6.23. The van der Waals surface area contributed by atoms with E-state index in [1.807, 2.05) is 11.3 Å². The third-order valence-electron chi connectivity index (χ3n) is 5.07. The minimum atomic E-state index is 0.396. The van der Waals surface area contributed by atoms with Crippen molar-refractivity contribution in [3.05, 3.63) is 15.7 Å². The van der Waals surface area contributed by atoms with E-state index < -0.39 is 0 Å². The first-order valence-corrected chi connectivity index (χ1v) is 9.54. The smallest absolute Gasteiger partial charge is 0.225 e. The van der Waals surface area contributed by atoms with Crippen LogP contribution in [0.4, 0.5) is 5.82 Å². The van der Waals surface area contributed by atoms with E-state index >= 15 is 0 Å². The number of rotatable bonds is 1. The molecule has 4 rings (SSSR count). The van der Waals surface area contributed by atoms with Crippen LogP contribution in [-0.2, 0) is 12.8 Å². The first-order chi connectivity index (χ1) is 10.6. The fraction of sp³-hybridized carbons (Fsp3) is 0.647. The van der Waals surface area contributed by atoms with Crippen LogP contribution < -0.4 is 4.90 Å². The summed E-state index contributed by atoms with van der Waals surface area (Å²) in [6, 6.07) is 0. The minimum absolute atomic E-state index is 0.396. The Morgan fingerprint density at radius 2 is 2.05 bits per heavy atom. The molecule has 0 N–H and O–H groups in total. The van der Waals surface area contributed by atoms with Crippen molar-refractivity contribution in [2.45, 2.75) is 46.0 Å². The van der Waals surface area contributed by atoms with Crippen LogP contribution in [0.25, 0.3) is 10.2 Å². The normalized spacial score (nSPS) is 25.5. The number of thiophene rings is 1. The van der Waals surface area contributed by atoms with Gasteiger partial charge in [-0.3, -0.25) is 0 Å². The van der Waals surface area contributed by atoms with Crippen LogP contribution in [0.5, 0.6) is 0 Å². The van der Waals surface area contributed by atoms with Gasteiger partial charge in [0, 0.05) is 18.0 Å². The van der Waals surface area contributed by atoms with Gasteiger partial charge in [-0.2, -0.15) is 4.98 Å². The lowest BCUT2D eigenvalue weighted by atomic mass is 9.89. The van der Waals surface area contributed by atoms with Crippen LogP contribution >= 0.6 is 22.9 Å². The van der Waals surface area contributed by atoms with Gasteiger partial charge in [0.15, 0.2) is 0 Å². The van der Waals surface area contributed by atoms with Gasteiger partial charge in [0.05, 0.1) is 5.39 Å². The van der Waals surface area contributed by atoms with E-state index in [1.54, 1.807) is 0 Å². The maximum Gasteiger partial charge on any atom is 0.225 e. The molecule has 22 heavy (non-hydrogen) atoms. The zero-order valence-electron chi connectivity index (χ0n) is 13.2. The summed E-state index contributed by atoms with van der Waals surface area (Å²) >= 11 is 8.06. The molecular formula is C17H22ClN3S. The lowest BCUT2D eigenvalue weighted by Gasteiger charge is -2.32. The molecule has 2 aliphatic rings.